The molecule has 0 radical (unpaired) electrons. The van der Waals surface area contributed by atoms with E-state index in [0.717, 1.165) is 38.8 Å². The fourth-order valence-corrected chi connectivity index (χ4v) is 6.23. The summed E-state index contributed by atoms with van der Waals surface area (Å²) in [6.45, 7) is 10.7. The predicted octanol–water partition coefficient (Wildman–Crippen LogP) is 3.38. The predicted molar refractivity (Wildman–Crippen MR) is 170 cm³/mol. The van der Waals surface area contributed by atoms with Crippen molar-refractivity contribution < 1.29 is 23.6 Å². The molecule has 1 aromatic heterocycles. The SMILES string of the molecule is CCC(=O)N[C@@H](C(=O)N1CCN(C)CC1)[C@H](C)c1ccc(NC(=O)[C@@H](NC(=O)c2ccnn2CC)C2CCC(C)CC2)c(F)c1. The maximum Gasteiger partial charge on any atom is 0.270 e. The van der Waals surface area contributed by atoms with E-state index in [1.54, 1.807) is 41.8 Å². The number of aryl methyl sites for hydroxylation is 1. The molecule has 4 amide bonds. The maximum atomic E-state index is 15.6. The Balaban J connectivity index is 1.52. The number of halogens is 1. The number of anilines is 1. The zero-order valence-electron chi connectivity index (χ0n) is 27.1. The lowest BCUT2D eigenvalue weighted by Crippen LogP contribution is -2.55. The van der Waals surface area contributed by atoms with Gasteiger partial charge in [-0.2, -0.15) is 5.10 Å². The molecule has 2 aromatic rings. The zero-order valence-corrected chi connectivity index (χ0v) is 27.1. The summed E-state index contributed by atoms with van der Waals surface area (Å²) < 4.78 is 17.2. The molecule has 1 aliphatic carbocycles. The fraction of sp³-hybridized carbons (Fsp3) is 0.606. The van der Waals surface area contributed by atoms with Crippen molar-refractivity contribution in [2.45, 2.75) is 84.3 Å². The normalized spacial score (nSPS) is 21.0. The number of amides is 4. The largest absolute Gasteiger partial charge is 0.344 e. The van der Waals surface area contributed by atoms with E-state index in [4.69, 9.17) is 0 Å². The Labute approximate surface area is 265 Å². The minimum absolute atomic E-state index is 0.0162. The number of benzene rings is 1. The van der Waals surface area contributed by atoms with Crippen LogP contribution in [0.5, 0.6) is 0 Å². The quantitative estimate of drug-likeness (QED) is 0.351. The third kappa shape index (κ3) is 8.47. The van der Waals surface area contributed by atoms with Crippen molar-refractivity contribution in [1.29, 1.82) is 0 Å². The molecular formula is C33H48FN7O4. The van der Waals surface area contributed by atoms with Crippen LogP contribution in [-0.2, 0) is 20.9 Å². The van der Waals surface area contributed by atoms with Crippen molar-refractivity contribution in [1.82, 2.24) is 30.2 Å². The first-order valence-corrected chi connectivity index (χ1v) is 16.2. The lowest BCUT2D eigenvalue weighted by molar-refractivity contribution is -0.138. The molecule has 11 nitrogen and oxygen atoms in total. The monoisotopic (exact) mass is 625 g/mol. The topological polar surface area (TPSA) is 129 Å². The van der Waals surface area contributed by atoms with Gasteiger partial charge in [0.2, 0.25) is 17.7 Å². The Hall–Kier alpha value is -3.80. The second-order valence-corrected chi connectivity index (χ2v) is 12.5. The molecule has 1 saturated carbocycles. The van der Waals surface area contributed by atoms with E-state index in [2.05, 4.69) is 32.9 Å². The second kappa shape index (κ2) is 15.5. The van der Waals surface area contributed by atoms with Gasteiger partial charge in [0.05, 0.1) is 5.69 Å². The number of hydrogen-bond donors (Lipinski definition) is 3. The molecule has 1 aliphatic heterocycles. The van der Waals surface area contributed by atoms with E-state index in [0.29, 0.717) is 36.8 Å². The van der Waals surface area contributed by atoms with Crippen LogP contribution in [0.15, 0.2) is 30.5 Å². The van der Waals surface area contributed by atoms with Crippen molar-refractivity contribution in [3.63, 3.8) is 0 Å². The number of rotatable bonds is 11. The minimum Gasteiger partial charge on any atom is -0.344 e. The smallest absolute Gasteiger partial charge is 0.270 e. The number of aromatic nitrogens is 2. The molecule has 1 saturated heterocycles. The lowest BCUT2D eigenvalue weighted by atomic mass is 9.79. The van der Waals surface area contributed by atoms with Crippen LogP contribution in [0.1, 0.15) is 81.8 Å². The standard InChI is InChI=1S/C33H48FN7O4/c1-6-28(42)37-29(33(45)40-18-16-39(5)17-19-40)22(4)24-12-13-26(25(34)20-24)36-32(44)30(23-10-8-21(3)9-11-23)38-31(43)27-14-15-35-41(27)7-2/h12-15,20-23,29-30H,6-11,16-19H2,1-5H3,(H,36,44)(H,37,42)(H,38,43)/t21?,22-,23?,29-,30+/m1/s1. The third-order valence-electron chi connectivity index (χ3n) is 9.35. The van der Waals surface area contributed by atoms with E-state index in [1.807, 2.05) is 14.0 Å². The van der Waals surface area contributed by atoms with Crippen molar-refractivity contribution in [3.05, 3.63) is 47.5 Å². The molecule has 45 heavy (non-hydrogen) atoms. The van der Waals surface area contributed by atoms with Crippen LogP contribution in [0.25, 0.3) is 0 Å². The van der Waals surface area contributed by atoms with Gasteiger partial charge in [-0.25, -0.2) is 4.39 Å². The van der Waals surface area contributed by atoms with Crippen LogP contribution in [0.3, 0.4) is 0 Å². The van der Waals surface area contributed by atoms with Gasteiger partial charge in [0.15, 0.2) is 0 Å². The lowest BCUT2D eigenvalue weighted by Gasteiger charge is -2.36. The number of likely N-dealkylation sites (N-methyl/N-ethyl adjacent to an activating group) is 1. The molecule has 2 aliphatic rings. The van der Waals surface area contributed by atoms with Crippen molar-refractivity contribution in [2.24, 2.45) is 11.8 Å². The van der Waals surface area contributed by atoms with Crippen LogP contribution < -0.4 is 16.0 Å². The summed E-state index contributed by atoms with van der Waals surface area (Å²) in [6.07, 6.45) is 5.21. The molecule has 1 aromatic carbocycles. The Morgan fingerprint density at radius 1 is 1.00 bits per heavy atom. The van der Waals surface area contributed by atoms with E-state index in [9.17, 15) is 19.2 Å². The van der Waals surface area contributed by atoms with Crippen LogP contribution >= 0.6 is 0 Å². The molecule has 0 spiro atoms. The second-order valence-electron chi connectivity index (χ2n) is 12.5. The molecule has 3 atom stereocenters. The van der Waals surface area contributed by atoms with Crippen LogP contribution in [-0.4, -0.2) is 88.5 Å². The summed E-state index contributed by atoms with van der Waals surface area (Å²) in [4.78, 5) is 56.7. The Morgan fingerprint density at radius 3 is 2.31 bits per heavy atom. The Kier molecular flexibility index (Phi) is 11.7. The highest BCUT2D eigenvalue weighted by Gasteiger charge is 2.35. The van der Waals surface area contributed by atoms with Gasteiger partial charge in [0, 0.05) is 51.3 Å². The van der Waals surface area contributed by atoms with Crippen LogP contribution in [0, 0.1) is 17.7 Å². The molecule has 12 heteroatoms. The van der Waals surface area contributed by atoms with Gasteiger partial charge in [0.1, 0.15) is 23.6 Å². The van der Waals surface area contributed by atoms with Crippen molar-refractivity contribution in [2.75, 3.05) is 38.5 Å². The number of nitrogens with zero attached hydrogens (tertiary/aromatic N) is 4. The van der Waals surface area contributed by atoms with Gasteiger partial charge in [0.25, 0.3) is 5.91 Å². The van der Waals surface area contributed by atoms with Gasteiger partial charge < -0.3 is 25.8 Å². The highest BCUT2D eigenvalue weighted by molar-refractivity contribution is 6.00. The highest BCUT2D eigenvalue weighted by atomic mass is 19.1. The fourth-order valence-electron chi connectivity index (χ4n) is 6.23. The van der Waals surface area contributed by atoms with E-state index in [-0.39, 0.29) is 29.8 Å². The van der Waals surface area contributed by atoms with Gasteiger partial charge in [-0.05, 0) is 62.4 Å². The first-order chi connectivity index (χ1) is 21.5. The van der Waals surface area contributed by atoms with E-state index >= 15 is 4.39 Å². The molecule has 3 N–H and O–H groups in total. The summed E-state index contributed by atoms with van der Waals surface area (Å²) in [5.74, 6) is -2.06. The van der Waals surface area contributed by atoms with Crippen LogP contribution in [0.4, 0.5) is 10.1 Å². The van der Waals surface area contributed by atoms with Gasteiger partial charge in [-0.1, -0.05) is 39.7 Å². The summed E-state index contributed by atoms with van der Waals surface area (Å²) in [6, 6.07) is 4.36. The average Bonchev–Trinajstić information content (AvgIpc) is 3.53. The van der Waals surface area contributed by atoms with Crippen molar-refractivity contribution in [3.8, 4) is 0 Å². The molecular weight excluding hydrogens is 577 g/mol. The van der Waals surface area contributed by atoms with Gasteiger partial charge in [-0.3, -0.25) is 23.9 Å². The molecule has 2 fully saturated rings. The molecule has 4 rings (SSSR count). The highest BCUT2D eigenvalue weighted by Crippen LogP contribution is 2.32. The number of piperazine rings is 1. The van der Waals surface area contributed by atoms with Crippen molar-refractivity contribution >= 4 is 29.3 Å². The van der Waals surface area contributed by atoms with Gasteiger partial charge >= 0.3 is 0 Å². The maximum absolute atomic E-state index is 15.6. The summed E-state index contributed by atoms with van der Waals surface area (Å²) in [7, 11) is 2.00. The summed E-state index contributed by atoms with van der Waals surface area (Å²) in [5.41, 5.74) is 0.866. The van der Waals surface area contributed by atoms with E-state index < -0.39 is 35.6 Å². The summed E-state index contributed by atoms with van der Waals surface area (Å²) >= 11 is 0. The molecule has 0 bridgehead atoms. The summed E-state index contributed by atoms with van der Waals surface area (Å²) in [5, 5.41) is 12.6. The average molecular weight is 626 g/mol. The van der Waals surface area contributed by atoms with E-state index in [1.165, 1.54) is 12.1 Å². The number of nitrogens with one attached hydrogen (secondary N) is 3. The Morgan fingerprint density at radius 2 is 1.69 bits per heavy atom. The number of hydrogen-bond acceptors (Lipinski definition) is 6. The zero-order chi connectivity index (χ0) is 32.7. The molecule has 0 unspecified atom stereocenters. The number of carbonyl (C=O) groups excluding carboxylic acids is 4. The van der Waals surface area contributed by atoms with Gasteiger partial charge in [-0.15, -0.1) is 0 Å². The molecule has 2 heterocycles. The first-order valence-electron chi connectivity index (χ1n) is 16.2. The minimum atomic E-state index is -0.856. The first kappa shape index (κ1) is 34.1. The molecule has 246 valence electrons. The third-order valence-corrected chi connectivity index (χ3v) is 9.35. The van der Waals surface area contributed by atoms with Crippen LogP contribution in [0.2, 0.25) is 0 Å². The number of carbonyl (C=O) groups is 4. The Bertz CT molecular complexity index is 1350.